The zero-order valence-electron chi connectivity index (χ0n) is 19.1. The van der Waals surface area contributed by atoms with Gasteiger partial charge in [0, 0.05) is 44.0 Å². The molecule has 1 saturated heterocycles. The number of aryl methyl sites for hydroxylation is 2. The van der Waals surface area contributed by atoms with Gasteiger partial charge in [-0.15, -0.1) is 0 Å². The highest BCUT2D eigenvalue weighted by molar-refractivity contribution is 5.96. The van der Waals surface area contributed by atoms with E-state index in [0.29, 0.717) is 26.2 Å². The van der Waals surface area contributed by atoms with Crippen LogP contribution < -0.4 is 11.1 Å². The predicted molar refractivity (Wildman–Crippen MR) is 125 cm³/mol. The minimum absolute atomic E-state index is 0.0434. The highest BCUT2D eigenvalue weighted by Crippen LogP contribution is 2.21. The molecular formula is C23H27N5O6. The Balaban J connectivity index is 1.44. The topological polar surface area (TPSA) is 148 Å². The summed E-state index contributed by atoms with van der Waals surface area (Å²) in [6, 6.07) is 9.22. The summed E-state index contributed by atoms with van der Waals surface area (Å²) in [5.41, 5.74) is 8.11. The van der Waals surface area contributed by atoms with Crippen molar-refractivity contribution in [1.29, 1.82) is 0 Å². The van der Waals surface area contributed by atoms with Crippen LogP contribution in [0.25, 0.3) is 0 Å². The predicted octanol–water partition coefficient (Wildman–Crippen LogP) is 1.73. The van der Waals surface area contributed by atoms with Crippen molar-refractivity contribution in [3.63, 3.8) is 0 Å². The third-order valence-corrected chi connectivity index (χ3v) is 5.63. The number of carbonyl (C=O) groups is 3. The quantitative estimate of drug-likeness (QED) is 0.270. The first-order chi connectivity index (χ1) is 16.2. The average Bonchev–Trinajstić information content (AvgIpc) is 2.80. The van der Waals surface area contributed by atoms with Crippen LogP contribution >= 0.6 is 0 Å². The number of rotatable bonds is 7. The molecule has 11 nitrogen and oxygen atoms in total. The number of esters is 1. The molecule has 3 rings (SSSR count). The van der Waals surface area contributed by atoms with E-state index in [1.807, 2.05) is 36.9 Å². The monoisotopic (exact) mass is 469 g/mol. The van der Waals surface area contributed by atoms with Crippen LogP contribution in [0.5, 0.6) is 0 Å². The standard InChI is InChI=1S/C23H27N5O6/c1-15-4-3-5-16(2)22(15)25-20(29)13-26-8-10-27(11-9-26)21(30)14-34-23(31)18-7-6-17(28(32)33)12-19(18)24/h3-7,12H,8-11,13-14,24H2,1-2H3,(H,25,29). The maximum absolute atomic E-state index is 12.5. The highest BCUT2D eigenvalue weighted by Gasteiger charge is 2.24. The molecule has 0 atom stereocenters. The van der Waals surface area contributed by atoms with Gasteiger partial charge in [0.1, 0.15) is 0 Å². The minimum atomic E-state index is -0.831. The summed E-state index contributed by atoms with van der Waals surface area (Å²) in [6.45, 7) is 5.43. The molecule has 0 saturated carbocycles. The molecule has 1 heterocycles. The van der Waals surface area contributed by atoms with Crippen LogP contribution in [0.1, 0.15) is 21.5 Å². The first-order valence-corrected chi connectivity index (χ1v) is 10.7. The fourth-order valence-corrected chi connectivity index (χ4v) is 3.69. The molecule has 34 heavy (non-hydrogen) atoms. The second-order valence-corrected chi connectivity index (χ2v) is 8.08. The number of nitro benzene ring substituents is 1. The number of nitrogens with two attached hydrogens (primary N) is 1. The number of anilines is 2. The maximum atomic E-state index is 12.5. The number of nitrogens with one attached hydrogen (secondary N) is 1. The number of para-hydroxylation sites is 1. The van der Waals surface area contributed by atoms with Gasteiger partial charge >= 0.3 is 5.97 Å². The number of carbonyl (C=O) groups excluding carboxylic acids is 3. The number of amides is 2. The van der Waals surface area contributed by atoms with Gasteiger partial charge in [-0.1, -0.05) is 18.2 Å². The second-order valence-electron chi connectivity index (χ2n) is 8.08. The van der Waals surface area contributed by atoms with E-state index in [0.717, 1.165) is 28.9 Å². The normalized spacial score (nSPS) is 13.9. The van der Waals surface area contributed by atoms with Crippen LogP contribution in [0.15, 0.2) is 36.4 Å². The molecule has 0 unspecified atom stereocenters. The average molecular weight is 469 g/mol. The first kappa shape index (κ1) is 24.6. The van der Waals surface area contributed by atoms with Crippen molar-refractivity contribution in [1.82, 2.24) is 9.80 Å². The van der Waals surface area contributed by atoms with E-state index < -0.39 is 17.5 Å². The molecule has 1 aliphatic rings. The molecule has 2 amide bonds. The number of nitrogen functional groups attached to an aromatic ring is 1. The van der Waals surface area contributed by atoms with E-state index in [1.54, 1.807) is 4.90 Å². The number of hydrogen-bond acceptors (Lipinski definition) is 8. The Kier molecular flexibility index (Phi) is 7.79. The summed E-state index contributed by atoms with van der Waals surface area (Å²) in [6.07, 6.45) is 0. The lowest BCUT2D eigenvalue weighted by Crippen LogP contribution is -2.51. The molecule has 0 radical (unpaired) electrons. The Hall–Kier alpha value is -3.99. The summed E-state index contributed by atoms with van der Waals surface area (Å²) in [7, 11) is 0. The molecule has 3 N–H and O–H groups in total. The number of benzene rings is 2. The molecule has 0 spiro atoms. The van der Waals surface area contributed by atoms with Gasteiger partial charge in [0.15, 0.2) is 6.61 Å². The molecule has 11 heteroatoms. The van der Waals surface area contributed by atoms with Crippen molar-refractivity contribution in [3.8, 4) is 0 Å². The van der Waals surface area contributed by atoms with E-state index >= 15 is 0 Å². The lowest BCUT2D eigenvalue weighted by molar-refractivity contribution is -0.384. The fraction of sp³-hybridized carbons (Fsp3) is 0.348. The molecule has 0 aromatic heterocycles. The molecule has 2 aromatic carbocycles. The smallest absolute Gasteiger partial charge is 0.340 e. The Bertz CT molecular complexity index is 1090. The number of nitro groups is 1. The second kappa shape index (κ2) is 10.8. The zero-order valence-corrected chi connectivity index (χ0v) is 19.1. The van der Waals surface area contributed by atoms with Gasteiger partial charge in [-0.3, -0.25) is 24.6 Å². The van der Waals surface area contributed by atoms with Crippen LogP contribution in [-0.2, 0) is 14.3 Å². The van der Waals surface area contributed by atoms with Crippen LogP contribution in [0, 0.1) is 24.0 Å². The van der Waals surface area contributed by atoms with Gasteiger partial charge in [-0.25, -0.2) is 4.79 Å². The molecule has 0 bridgehead atoms. The van der Waals surface area contributed by atoms with Gasteiger partial charge in [0.25, 0.3) is 11.6 Å². The molecule has 1 aliphatic heterocycles. The Labute approximate surface area is 196 Å². The first-order valence-electron chi connectivity index (χ1n) is 10.7. The third-order valence-electron chi connectivity index (χ3n) is 5.63. The number of nitrogens with zero attached hydrogens (tertiary/aromatic N) is 3. The Morgan fingerprint density at radius 3 is 2.32 bits per heavy atom. The van der Waals surface area contributed by atoms with Gasteiger partial charge < -0.3 is 20.7 Å². The van der Waals surface area contributed by atoms with Gasteiger partial charge in [0.05, 0.1) is 22.7 Å². The number of ether oxygens (including phenoxy) is 1. The minimum Gasteiger partial charge on any atom is -0.452 e. The van der Waals surface area contributed by atoms with E-state index in [1.165, 1.54) is 6.07 Å². The van der Waals surface area contributed by atoms with Crippen LogP contribution in [0.3, 0.4) is 0 Å². The molecule has 1 fully saturated rings. The number of hydrogen-bond donors (Lipinski definition) is 2. The van der Waals surface area contributed by atoms with E-state index in [-0.39, 0.29) is 35.3 Å². The molecule has 0 aliphatic carbocycles. The van der Waals surface area contributed by atoms with E-state index in [4.69, 9.17) is 10.5 Å². The molecular weight excluding hydrogens is 442 g/mol. The SMILES string of the molecule is Cc1cccc(C)c1NC(=O)CN1CCN(C(=O)COC(=O)c2ccc([N+](=O)[O-])cc2N)CC1. The lowest BCUT2D eigenvalue weighted by Gasteiger charge is -2.34. The largest absolute Gasteiger partial charge is 0.452 e. The van der Waals surface area contributed by atoms with Crippen molar-refractivity contribution in [3.05, 3.63) is 63.2 Å². The van der Waals surface area contributed by atoms with Crippen molar-refractivity contribution >= 4 is 34.8 Å². The van der Waals surface area contributed by atoms with E-state index in [2.05, 4.69) is 5.32 Å². The Morgan fingerprint density at radius 2 is 1.74 bits per heavy atom. The summed E-state index contributed by atoms with van der Waals surface area (Å²) in [5, 5.41) is 13.7. The van der Waals surface area contributed by atoms with Crippen molar-refractivity contribution in [2.45, 2.75) is 13.8 Å². The van der Waals surface area contributed by atoms with Crippen LogP contribution in [-0.4, -0.2) is 71.8 Å². The van der Waals surface area contributed by atoms with E-state index in [9.17, 15) is 24.5 Å². The fourth-order valence-electron chi connectivity index (χ4n) is 3.69. The summed E-state index contributed by atoms with van der Waals surface area (Å²) in [4.78, 5) is 50.8. The van der Waals surface area contributed by atoms with Crippen molar-refractivity contribution in [2.24, 2.45) is 0 Å². The van der Waals surface area contributed by atoms with Crippen LogP contribution in [0.4, 0.5) is 17.1 Å². The maximum Gasteiger partial charge on any atom is 0.340 e. The summed E-state index contributed by atoms with van der Waals surface area (Å²) >= 11 is 0. The molecule has 180 valence electrons. The Morgan fingerprint density at radius 1 is 1.09 bits per heavy atom. The number of non-ortho nitro benzene ring substituents is 1. The summed E-state index contributed by atoms with van der Waals surface area (Å²) in [5.74, 6) is -1.32. The number of piperazine rings is 1. The van der Waals surface area contributed by atoms with Crippen molar-refractivity contribution < 1.29 is 24.0 Å². The molecule has 2 aromatic rings. The third kappa shape index (κ3) is 6.07. The van der Waals surface area contributed by atoms with Crippen molar-refractivity contribution in [2.75, 3.05) is 50.4 Å². The van der Waals surface area contributed by atoms with Gasteiger partial charge in [0.2, 0.25) is 5.91 Å². The lowest BCUT2D eigenvalue weighted by atomic mass is 10.1. The zero-order chi connectivity index (χ0) is 24.8. The highest BCUT2D eigenvalue weighted by atomic mass is 16.6. The van der Waals surface area contributed by atoms with Gasteiger partial charge in [-0.2, -0.15) is 0 Å². The van der Waals surface area contributed by atoms with Gasteiger partial charge in [-0.05, 0) is 31.0 Å². The summed E-state index contributed by atoms with van der Waals surface area (Å²) < 4.78 is 5.05. The van der Waals surface area contributed by atoms with Crippen LogP contribution in [0.2, 0.25) is 0 Å².